The molecule has 2 amide bonds. The Bertz CT molecular complexity index is 256. The fourth-order valence-electron chi connectivity index (χ4n) is 0.786. The first-order valence-electron chi connectivity index (χ1n) is 4.90. The van der Waals surface area contributed by atoms with Crippen molar-refractivity contribution in [3.8, 4) is 0 Å². The van der Waals surface area contributed by atoms with Crippen LogP contribution in [0, 0.1) is 0 Å². The highest BCUT2D eigenvalue weighted by atomic mass is 79.9. The second-order valence-corrected chi connectivity index (χ2v) is 6.16. The van der Waals surface area contributed by atoms with Gasteiger partial charge in [-0.2, -0.15) is 12.6 Å². The van der Waals surface area contributed by atoms with Gasteiger partial charge >= 0.3 is 0 Å². The average molecular weight is 312 g/mol. The van der Waals surface area contributed by atoms with Crippen LogP contribution in [0.5, 0.6) is 0 Å². The Kier molecular flexibility index (Phi) is 7.01. The van der Waals surface area contributed by atoms with Crippen molar-refractivity contribution < 1.29 is 9.59 Å². The molecule has 0 aromatic carbocycles. The van der Waals surface area contributed by atoms with Gasteiger partial charge in [0.15, 0.2) is 0 Å². The maximum atomic E-state index is 11.4. The highest BCUT2D eigenvalue weighted by Gasteiger charge is 2.22. The molecule has 0 saturated carbocycles. The van der Waals surface area contributed by atoms with Crippen molar-refractivity contribution >= 4 is 40.4 Å². The van der Waals surface area contributed by atoms with E-state index in [1.807, 2.05) is 0 Å². The molecule has 0 aliphatic rings. The fraction of sp³-hybridized carbons (Fsp3) is 0.778. The Balaban J connectivity index is 3.70. The lowest BCUT2D eigenvalue weighted by Crippen LogP contribution is -2.46. The maximum Gasteiger partial charge on any atom is 0.237 e. The molecule has 0 fully saturated rings. The second kappa shape index (κ2) is 7.13. The van der Waals surface area contributed by atoms with Crippen LogP contribution in [-0.2, 0) is 9.59 Å². The molecule has 0 heterocycles. The van der Waals surface area contributed by atoms with Gasteiger partial charge in [-0.05, 0) is 13.8 Å². The van der Waals surface area contributed by atoms with Crippen LogP contribution in [0.1, 0.15) is 13.8 Å². The van der Waals surface area contributed by atoms with Gasteiger partial charge in [0, 0.05) is 18.8 Å². The highest BCUT2D eigenvalue weighted by molar-refractivity contribution is 9.10. The predicted octanol–water partition coefficient (Wildman–Crippen LogP) is -0.351. The molecule has 0 radical (unpaired) electrons. The number of hydrogen-bond acceptors (Lipinski definition) is 4. The third-order valence-corrected chi connectivity index (χ3v) is 2.54. The molecular weight excluding hydrogens is 294 g/mol. The van der Waals surface area contributed by atoms with Crippen molar-refractivity contribution in [3.05, 3.63) is 0 Å². The molecule has 0 saturated heterocycles. The summed E-state index contributed by atoms with van der Waals surface area (Å²) in [5, 5.41) is 5.27. The normalized spacial score (nSPS) is 13.1. The number of amides is 2. The molecule has 0 aliphatic heterocycles. The molecule has 0 aliphatic carbocycles. The number of nitrogens with one attached hydrogen (secondary N) is 2. The zero-order chi connectivity index (χ0) is 12.8. The molecule has 0 bridgehead atoms. The monoisotopic (exact) mass is 311 g/mol. The third-order valence-electron chi connectivity index (χ3n) is 1.78. The van der Waals surface area contributed by atoms with Crippen LogP contribution in [0.3, 0.4) is 0 Å². The SMILES string of the molecule is CC(C)(Br)C(=O)NCCNC(=O)C(N)CS. The largest absolute Gasteiger partial charge is 0.353 e. The van der Waals surface area contributed by atoms with Crippen molar-refractivity contribution in [2.45, 2.75) is 24.2 Å². The molecule has 4 N–H and O–H groups in total. The van der Waals surface area contributed by atoms with Crippen molar-refractivity contribution in [3.63, 3.8) is 0 Å². The first-order valence-corrected chi connectivity index (χ1v) is 6.33. The zero-order valence-corrected chi connectivity index (χ0v) is 11.9. The van der Waals surface area contributed by atoms with E-state index >= 15 is 0 Å². The lowest BCUT2D eigenvalue weighted by Gasteiger charge is -2.16. The predicted molar refractivity (Wildman–Crippen MR) is 70.9 cm³/mol. The van der Waals surface area contributed by atoms with Crippen LogP contribution < -0.4 is 16.4 Å². The summed E-state index contributed by atoms with van der Waals surface area (Å²) < 4.78 is -0.599. The van der Waals surface area contributed by atoms with E-state index < -0.39 is 10.4 Å². The molecule has 0 aromatic heterocycles. The van der Waals surface area contributed by atoms with E-state index in [4.69, 9.17) is 5.73 Å². The van der Waals surface area contributed by atoms with Gasteiger partial charge in [0.05, 0.1) is 10.4 Å². The zero-order valence-electron chi connectivity index (χ0n) is 9.42. The lowest BCUT2D eigenvalue weighted by atomic mass is 10.2. The number of carbonyl (C=O) groups excluding carboxylic acids is 2. The molecule has 1 atom stereocenters. The number of hydrogen-bond donors (Lipinski definition) is 4. The van der Waals surface area contributed by atoms with Crippen LogP contribution in [0.25, 0.3) is 0 Å². The summed E-state index contributed by atoms with van der Waals surface area (Å²) in [7, 11) is 0. The molecule has 5 nitrogen and oxygen atoms in total. The van der Waals surface area contributed by atoms with Gasteiger partial charge in [-0.25, -0.2) is 0 Å². The van der Waals surface area contributed by atoms with Gasteiger partial charge in [0.25, 0.3) is 0 Å². The van der Waals surface area contributed by atoms with Crippen LogP contribution in [-0.4, -0.2) is 41.0 Å². The molecule has 94 valence electrons. The van der Waals surface area contributed by atoms with Gasteiger partial charge in [-0.1, -0.05) is 15.9 Å². The van der Waals surface area contributed by atoms with Crippen molar-refractivity contribution in [2.24, 2.45) is 5.73 Å². The summed E-state index contributed by atoms with van der Waals surface area (Å²) >= 11 is 7.14. The Hall–Kier alpha value is -0.270. The molecule has 0 spiro atoms. The van der Waals surface area contributed by atoms with E-state index in [-0.39, 0.29) is 11.8 Å². The quantitative estimate of drug-likeness (QED) is 0.307. The summed E-state index contributed by atoms with van der Waals surface area (Å²) in [4.78, 5) is 22.6. The second-order valence-electron chi connectivity index (χ2n) is 3.81. The standard InChI is InChI=1S/C9H18BrN3O2S/c1-9(2,10)8(15)13-4-3-12-7(14)6(11)5-16/h6,16H,3-5,11H2,1-2H3,(H,12,14)(H,13,15). The van der Waals surface area contributed by atoms with E-state index in [9.17, 15) is 9.59 Å². The van der Waals surface area contributed by atoms with Crippen molar-refractivity contribution in [1.82, 2.24) is 10.6 Å². The minimum absolute atomic E-state index is 0.125. The summed E-state index contributed by atoms with van der Waals surface area (Å²) in [5.74, 6) is -0.0882. The number of alkyl halides is 1. The first kappa shape index (κ1) is 15.7. The molecule has 1 unspecified atom stereocenters. The molecule has 7 heteroatoms. The fourth-order valence-corrected chi connectivity index (χ4v) is 1.09. The Morgan fingerprint density at radius 2 is 1.88 bits per heavy atom. The summed E-state index contributed by atoms with van der Waals surface area (Å²) in [6.07, 6.45) is 0. The number of carbonyl (C=O) groups is 2. The molecule has 0 aromatic rings. The summed E-state index contributed by atoms with van der Waals surface area (Å²) in [5.41, 5.74) is 5.44. The third kappa shape index (κ3) is 6.34. The van der Waals surface area contributed by atoms with Crippen molar-refractivity contribution in [1.29, 1.82) is 0 Å². The van der Waals surface area contributed by atoms with Crippen LogP contribution in [0.2, 0.25) is 0 Å². The number of thiol groups is 1. The van der Waals surface area contributed by atoms with E-state index in [1.54, 1.807) is 13.8 Å². The average Bonchev–Trinajstić information content (AvgIpc) is 2.20. The lowest BCUT2D eigenvalue weighted by molar-refractivity contribution is -0.123. The van der Waals surface area contributed by atoms with Crippen LogP contribution in [0.4, 0.5) is 0 Å². The Morgan fingerprint density at radius 1 is 1.38 bits per heavy atom. The molecular formula is C9H18BrN3O2S. The van der Waals surface area contributed by atoms with Gasteiger partial charge in [0.2, 0.25) is 11.8 Å². The van der Waals surface area contributed by atoms with Gasteiger partial charge in [0.1, 0.15) is 0 Å². The smallest absolute Gasteiger partial charge is 0.237 e. The van der Waals surface area contributed by atoms with Gasteiger partial charge in [-0.3, -0.25) is 9.59 Å². The minimum atomic E-state index is -0.605. The number of halogens is 1. The number of nitrogens with two attached hydrogens (primary N) is 1. The molecule has 0 rings (SSSR count). The van der Waals surface area contributed by atoms with Gasteiger partial charge in [-0.15, -0.1) is 0 Å². The highest BCUT2D eigenvalue weighted by Crippen LogP contribution is 2.14. The van der Waals surface area contributed by atoms with E-state index in [0.29, 0.717) is 18.8 Å². The summed E-state index contributed by atoms with van der Waals surface area (Å²) in [6, 6.07) is -0.605. The van der Waals surface area contributed by atoms with Crippen LogP contribution in [0.15, 0.2) is 0 Å². The van der Waals surface area contributed by atoms with Crippen LogP contribution >= 0.6 is 28.6 Å². The maximum absolute atomic E-state index is 11.4. The number of rotatable bonds is 6. The topological polar surface area (TPSA) is 84.2 Å². The van der Waals surface area contributed by atoms with Crippen molar-refractivity contribution in [2.75, 3.05) is 18.8 Å². The van der Waals surface area contributed by atoms with E-state index in [1.165, 1.54) is 0 Å². The van der Waals surface area contributed by atoms with Gasteiger partial charge < -0.3 is 16.4 Å². The Morgan fingerprint density at radius 3 is 2.31 bits per heavy atom. The van der Waals surface area contributed by atoms with E-state index in [0.717, 1.165) is 0 Å². The minimum Gasteiger partial charge on any atom is -0.353 e. The Labute approximate surface area is 109 Å². The molecule has 16 heavy (non-hydrogen) atoms. The first-order chi connectivity index (χ1) is 7.29. The summed E-state index contributed by atoms with van der Waals surface area (Å²) in [6.45, 7) is 4.23. The van der Waals surface area contributed by atoms with E-state index in [2.05, 4.69) is 39.2 Å².